The lowest BCUT2D eigenvalue weighted by atomic mass is 10.0. The maximum Gasteiger partial charge on any atom is 0.313 e. The zero-order chi connectivity index (χ0) is 31.7. The van der Waals surface area contributed by atoms with Gasteiger partial charge in [-0.25, -0.2) is 4.39 Å². The Bertz CT molecular complexity index is 2000. The van der Waals surface area contributed by atoms with E-state index in [4.69, 9.17) is 15.2 Å². The van der Waals surface area contributed by atoms with Crippen LogP contribution in [0.4, 0.5) is 22.0 Å². The van der Waals surface area contributed by atoms with Gasteiger partial charge in [-0.05, 0) is 47.9 Å². The second-order valence-corrected chi connectivity index (χ2v) is 10.7. The summed E-state index contributed by atoms with van der Waals surface area (Å²) in [5, 5.41) is 7.57. The maximum atomic E-state index is 15.4. The van der Waals surface area contributed by atoms with Gasteiger partial charge in [-0.3, -0.25) is 23.6 Å². The molecule has 0 amide bonds. The molecule has 5 aromatic rings. The lowest BCUT2D eigenvalue weighted by molar-refractivity contribution is -0.147. The van der Waals surface area contributed by atoms with Gasteiger partial charge < -0.3 is 20.5 Å². The Labute approximate surface area is 255 Å². The number of fused-ring (bicyclic) bond motifs is 1. The van der Waals surface area contributed by atoms with E-state index in [2.05, 4.69) is 25.4 Å². The number of ether oxygens (including phenoxy) is 2. The minimum Gasteiger partial charge on any atom is -0.460 e. The highest BCUT2D eigenvalue weighted by molar-refractivity contribution is 5.96. The highest BCUT2D eigenvalue weighted by Gasteiger charge is 2.26. The second kappa shape index (κ2) is 12.2. The van der Waals surface area contributed by atoms with E-state index < -0.39 is 29.5 Å². The fourth-order valence-electron chi connectivity index (χ4n) is 5.11. The number of rotatable bonds is 11. The summed E-state index contributed by atoms with van der Waals surface area (Å²) in [6, 6.07) is 9.91. The Balaban J connectivity index is 1.45. The molecule has 1 fully saturated rings. The molecule has 0 saturated heterocycles. The molecule has 45 heavy (non-hydrogen) atoms. The topological polar surface area (TPSA) is 169 Å². The molecule has 230 valence electrons. The van der Waals surface area contributed by atoms with E-state index in [1.54, 1.807) is 54.6 Å². The van der Waals surface area contributed by atoms with Gasteiger partial charge >= 0.3 is 5.97 Å². The summed E-state index contributed by atoms with van der Waals surface area (Å²) in [6.45, 7) is -0.608. The number of esters is 1. The van der Waals surface area contributed by atoms with E-state index in [0.29, 0.717) is 33.8 Å². The predicted molar refractivity (Wildman–Crippen MR) is 162 cm³/mol. The molecule has 1 saturated carbocycles. The number of carbonyl (C=O) groups excluding carboxylic acids is 2. The zero-order valence-corrected chi connectivity index (χ0v) is 24.5. The van der Waals surface area contributed by atoms with Gasteiger partial charge in [0, 0.05) is 37.7 Å². The van der Waals surface area contributed by atoms with Crippen molar-refractivity contribution in [1.82, 2.24) is 29.3 Å². The number of pyridine rings is 1. The van der Waals surface area contributed by atoms with Crippen LogP contribution in [0.15, 0.2) is 59.8 Å². The molecule has 3 N–H and O–H groups in total. The number of ketones is 1. The molecule has 3 aromatic heterocycles. The van der Waals surface area contributed by atoms with Gasteiger partial charge in [-0.2, -0.15) is 20.1 Å². The molecule has 0 radical (unpaired) electrons. The maximum absolute atomic E-state index is 15.4. The molecule has 0 unspecified atom stereocenters. The number of halogens is 1. The number of aryl methyl sites for hydroxylation is 1. The number of carbonyl (C=O) groups is 2. The lowest BCUT2D eigenvalue weighted by Gasteiger charge is -2.17. The molecule has 0 atom stereocenters. The third kappa shape index (κ3) is 6.40. The zero-order valence-electron chi connectivity index (χ0n) is 24.5. The van der Waals surface area contributed by atoms with Crippen LogP contribution in [0.5, 0.6) is 0 Å². The van der Waals surface area contributed by atoms with Crippen molar-refractivity contribution >= 4 is 40.1 Å². The van der Waals surface area contributed by atoms with Crippen LogP contribution in [0, 0.1) is 5.82 Å². The summed E-state index contributed by atoms with van der Waals surface area (Å²) < 4.78 is 28.5. The number of aromatic nitrogens is 6. The first-order valence-electron chi connectivity index (χ1n) is 14.1. The average molecular weight is 613 g/mol. The number of Topliss-reactive ketones (excluding diaryl/α,β-unsaturated/α-hetero) is 1. The Morgan fingerprint density at radius 2 is 1.98 bits per heavy atom. The van der Waals surface area contributed by atoms with E-state index in [-0.39, 0.29) is 36.3 Å². The molecule has 6 rings (SSSR count). The standard InChI is InChI=1S/C31H29FN8O5/c1-39-14-20(13-34-39)35-31-37-28(36-30(33)38-31)22-4-3-5-25(23(22)16-45-26(42)12-21(41)15-44-2)40-9-8-18-10-19(17-6-7-17)11-24(32)27(18)29(40)43/h3-5,8-11,13-14,17H,6-7,12,15-16H2,1-2H3,(H3,33,35,36,37,38). The first-order valence-corrected chi connectivity index (χ1v) is 14.1. The van der Waals surface area contributed by atoms with Crippen LogP contribution in [-0.2, 0) is 32.7 Å². The fraction of sp³-hybridized carbons (Fsp3) is 0.258. The Hall–Kier alpha value is -5.50. The normalized spacial score (nSPS) is 12.8. The largest absolute Gasteiger partial charge is 0.460 e. The summed E-state index contributed by atoms with van der Waals surface area (Å²) in [6.07, 6.45) is 6.33. The van der Waals surface area contributed by atoms with Gasteiger partial charge in [0.25, 0.3) is 5.56 Å². The molecule has 13 nitrogen and oxygen atoms in total. The van der Waals surface area contributed by atoms with E-state index >= 15 is 4.39 Å². The van der Waals surface area contributed by atoms with E-state index in [0.717, 1.165) is 18.4 Å². The highest BCUT2D eigenvalue weighted by atomic mass is 19.1. The van der Waals surface area contributed by atoms with Gasteiger partial charge in [-0.15, -0.1) is 0 Å². The van der Waals surface area contributed by atoms with Gasteiger partial charge in [0.05, 0.1) is 23.0 Å². The summed E-state index contributed by atoms with van der Waals surface area (Å²) in [7, 11) is 3.10. The van der Waals surface area contributed by atoms with Gasteiger partial charge in [0.2, 0.25) is 11.9 Å². The number of nitrogens with one attached hydrogen (secondary N) is 1. The first kappa shape index (κ1) is 29.6. The van der Waals surface area contributed by atoms with Crippen LogP contribution in [0.2, 0.25) is 0 Å². The van der Waals surface area contributed by atoms with Crippen molar-refractivity contribution in [1.29, 1.82) is 0 Å². The van der Waals surface area contributed by atoms with E-state index in [1.165, 1.54) is 17.7 Å². The predicted octanol–water partition coefficient (Wildman–Crippen LogP) is 3.57. The average Bonchev–Trinajstić information content (AvgIpc) is 3.77. The van der Waals surface area contributed by atoms with Crippen molar-refractivity contribution in [3.8, 4) is 17.1 Å². The Morgan fingerprint density at radius 3 is 2.71 bits per heavy atom. The molecule has 1 aliphatic carbocycles. The number of nitrogen functional groups attached to an aromatic ring is 1. The lowest BCUT2D eigenvalue weighted by Crippen LogP contribution is -2.21. The summed E-state index contributed by atoms with van der Waals surface area (Å²) in [5.74, 6) is -1.40. The molecular weight excluding hydrogens is 583 g/mol. The number of nitrogens with zero attached hydrogens (tertiary/aromatic N) is 6. The Kier molecular flexibility index (Phi) is 8.04. The third-order valence-electron chi connectivity index (χ3n) is 7.32. The minimum absolute atomic E-state index is 0.0622. The third-order valence-corrected chi connectivity index (χ3v) is 7.32. The second-order valence-electron chi connectivity index (χ2n) is 10.7. The van der Waals surface area contributed by atoms with Crippen LogP contribution >= 0.6 is 0 Å². The molecule has 14 heteroatoms. The highest BCUT2D eigenvalue weighted by Crippen LogP contribution is 2.41. The number of benzene rings is 2. The van der Waals surface area contributed by atoms with E-state index in [1.807, 2.05) is 6.07 Å². The molecule has 1 aliphatic rings. The van der Waals surface area contributed by atoms with Crippen LogP contribution < -0.4 is 16.6 Å². The van der Waals surface area contributed by atoms with Crippen molar-refractivity contribution in [2.24, 2.45) is 7.05 Å². The monoisotopic (exact) mass is 612 g/mol. The number of anilines is 3. The number of hydrogen-bond donors (Lipinski definition) is 2. The van der Waals surface area contributed by atoms with Crippen molar-refractivity contribution in [3.05, 3.63) is 82.3 Å². The van der Waals surface area contributed by atoms with Crippen LogP contribution in [0.3, 0.4) is 0 Å². The van der Waals surface area contributed by atoms with Gasteiger partial charge in [-0.1, -0.05) is 18.2 Å². The molecule has 0 aliphatic heterocycles. The van der Waals surface area contributed by atoms with Crippen LogP contribution in [0.1, 0.15) is 36.3 Å². The smallest absolute Gasteiger partial charge is 0.313 e. The minimum atomic E-state index is -0.795. The van der Waals surface area contributed by atoms with Crippen molar-refractivity contribution in [2.45, 2.75) is 31.8 Å². The summed E-state index contributed by atoms with van der Waals surface area (Å²) in [5.41, 5.74) is 7.90. The van der Waals surface area contributed by atoms with Crippen molar-refractivity contribution in [2.75, 3.05) is 24.8 Å². The molecule has 2 aromatic carbocycles. The molecule has 0 bridgehead atoms. The first-order chi connectivity index (χ1) is 21.7. The Morgan fingerprint density at radius 1 is 1.16 bits per heavy atom. The quantitative estimate of drug-likeness (QED) is 0.165. The van der Waals surface area contributed by atoms with Gasteiger partial charge in [0.1, 0.15) is 25.5 Å². The van der Waals surface area contributed by atoms with Crippen molar-refractivity contribution < 1.29 is 23.5 Å². The SMILES string of the molecule is COCC(=O)CC(=O)OCc1c(-c2nc(N)nc(Nc3cnn(C)c3)n2)cccc1-n1ccc2cc(C3CC3)cc(F)c2c1=O. The number of nitrogens with two attached hydrogens (primary N) is 1. The molecule has 3 heterocycles. The summed E-state index contributed by atoms with van der Waals surface area (Å²) >= 11 is 0. The molecular formula is C31H29FN8O5. The summed E-state index contributed by atoms with van der Waals surface area (Å²) in [4.78, 5) is 51.3. The van der Waals surface area contributed by atoms with Gasteiger partial charge in [0.15, 0.2) is 11.6 Å². The van der Waals surface area contributed by atoms with Crippen LogP contribution in [0.25, 0.3) is 27.8 Å². The fourth-order valence-corrected chi connectivity index (χ4v) is 5.11. The van der Waals surface area contributed by atoms with E-state index in [9.17, 15) is 14.4 Å². The van der Waals surface area contributed by atoms with Crippen molar-refractivity contribution in [3.63, 3.8) is 0 Å². The van der Waals surface area contributed by atoms with Crippen LogP contribution in [-0.4, -0.2) is 54.8 Å². The number of methoxy groups -OCH3 is 1. The number of hydrogen-bond acceptors (Lipinski definition) is 11. The molecule has 0 spiro atoms.